The minimum atomic E-state index is -3.15. The van der Waals surface area contributed by atoms with Crippen LogP contribution in [-0.2, 0) is 10.0 Å². The van der Waals surface area contributed by atoms with E-state index in [4.69, 9.17) is 0 Å². The largest absolute Gasteiger partial charge is 0.367 e. The van der Waals surface area contributed by atoms with Crippen molar-refractivity contribution < 1.29 is 8.42 Å². The van der Waals surface area contributed by atoms with Crippen LogP contribution in [0.25, 0.3) is 10.4 Å². The standard InChI is InChI=1S/C20H29N7O2S2/c1-14-19(30-20(24-14)22-7-10-26(2)3)17-11-18(23-13-15(17)12-21)25-16-5-8-27(9-6-16)31(4,28)29/h11,13,16H,5-10H2,1-4H3,(H,22,24)(H,23,25). The number of pyridine rings is 1. The number of likely N-dealkylation sites (N-methyl/N-ethyl adjacent to an activating group) is 1. The first-order valence-corrected chi connectivity index (χ1v) is 12.8. The van der Waals surface area contributed by atoms with Gasteiger partial charge in [0.2, 0.25) is 10.0 Å². The molecule has 9 nitrogen and oxygen atoms in total. The van der Waals surface area contributed by atoms with Crippen molar-refractivity contribution in [3.63, 3.8) is 0 Å². The molecule has 11 heteroatoms. The normalized spacial score (nSPS) is 15.7. The van der Waals surface area contributed by atoms with E-state index in [0.717, 1.165) is 34.4 Å². The zero-order valence-corrected chi connectivity index (χ0v) is 20.0. The van der Waals surface area contributed by atoms with Crippen molar-refractivity contribution in [2.75, 3.05) is 57.2 Å². The van der Waals surface area contributed by atoms with E-state index in [2.05, 4.69) is 31.6 Å². The molecule has 0 spiro atoms. The van der Waals surface area contributed by atoms with Gasteiger partial charge in [0.1, 0.15) is 11.9 Å². The van der Waals surface area contributed by atoms with Crippen molar-refractivity contribution in [1.82, 2.24) is 19.2 Å². The molecule has 0 amide bonds. The molecule has 31 heavy (non-hydrogen) atoms. The predicted octanol–water partition coefficient (Wildman–Crippen LogP) is 2.19. The van der Waals surface area contributed by atoms with Crippen LogP contribution in [-0.4, -0.2) is 80.2 Å². The van der Waals surface area contributed by atoms with Crippen LogP contribution in [0.4, 0.5) is 10.9 Å². The number of anilines is 2. The SMILES string of the molecule is Cc1nc(NCCN(C)C)sc1-c1cc(NC2CCN(S(C)(=O)=O)CC2)ncc1C#N. The summed E-state index contributed by atoms with van der Waals surface area (Å²) in [4.78, 5) is 12.1. The zero-order chi connectivity index (χ0) is 22.6. The van der Waals surface area contributed by atoms with E-state index in [1.807, 2.05) is 27.1 Å². The number of nitrogens with zero attached hydrogens (tertiary/aromatic N) is 5. The van der Waals surface area contributed by atoms with Gasteiger partial charge in [0.05, 0.1) is 22.4 Å². The van der Waals surface area contributed by atoms with Crippen molar-refractivity contribution in [1.29, 1.82) is 5.26 Å². The summed E-state index contributed by atoms with van der Waals surface area (Å²) in [6, 6.07) is 4.26. The summed E-state index contributed by atoms with van der Waals surface area (Å²) in [5, 5.41) is 17.2. The molecular weight excluding hydrogens is 434 g/mol. The fraction of sp³-hybridized carbons (Fsp3) is 0.550. The van der Waals surface area contributed by atoms with Crippen LogP contribution in [0.3, 0.4) is 0 Å². The van der Waals surface area contributed by atoms with Crippen LogP contribution in [0.5, 0.6) is 0 Å². The molecule has 0 unspecified atom stereocenters. The lowest BCUT2D eigenvalue weighted by Crippen LogP contribution is -2.41. The Labute approximate surface area is 188 Å². The van der Waals surface area contributed by atoms with Crippen LogP contribution in [0, 0.1) is 18.3 Å². The minimum absolute atomic E-state index is 0.136. The highest BCUT2D eigenvalue weighted by Gasteiger charge is 2.25. The Bertz CT molecular complexity index is 1050. The van der Waals surface area contributed by atoms with Crippen LogP contribution >= 0.6 is 11.3 Å². The Hall–Kier alpha value is -2.26. The van der Waals surface area contributed by atoms with Crippen molar-refractivity contribution >= 4 is 32.3 Å². The van der Waals surface area contributed by atoms with E-state index < -0.39 is 10.0 Å². The van der Waals surface area contributed by atoms with E-state index in [9.17, 15) is 13.7 Å². The molecule has 3 rings (SSSR count). The highest BCUT2D eigenvalue weighted by Crippen LogP contribution is 2.35. The van der Waals surface area contributed by atoms with Gasteiger partial charge in [-0.15, -0.1) is 0 Å². The number of nitrogens with one attached hydrogen (secondary N) is 2. The van der Waals surface area contributed by atoms with E-state index in [0.29, 0.717) is 37.3 Å². The highest BCUT2D eigenvalue weighted by atomic mass is 32.2. The van der Waals surface area contributed by atoms with E-state index >= 15 is 0 Å². The molecule has 0 radical (unpaired) electrons. The van der Waals surface area contributed by atoms with Gasteiger partial charge in [-0.1, -0.05) is 11.3 Å². The molecule has 0 saturated carbocycles. The second-order valence-corrected chi connectivity index (χ2v) is 11.0. The highest BCUT2D eigenvalue weighted by molar-refractivity contribution is 7.88. The summed E-state index contributed by atoms with van der Waals surface area (Å²) in [6.07, 6.45) is 4.26. The first-order valence-electron chi connectivity index (χ1n) is 10.2. The van der Waals surface area contributed by atoms with Crippen LogP contribution in [0.2, 0.25) is 0 Å². The van der Waals surface area contributed by atoms with E-state index in [1.54, 1.807) is 6.20 Å². The molecule has 0 aromatic carbocycles. The third-order valence-corrected chi connectivity index (χ3v) is 7.63. The summed E-state index contributed by atoms with van der Waals surface area (Å²) in [5.74, 6) is 0.682. The lowest BCUT2D eigenvalue weighted by Gasteiger charge is -2.31. The van der Waals surface area contributed by atoms with Crippen molar-refractivity contribution in [3.05, 3.63) is 23.5 Å². The topological polar surface area (TPSA) is 114 Å². The predicted molar refractivity (Wildman–Crippen MR) is 125 cm³/mol. The molecule has 168 valence electrons. The first kappa shape index (κ1) is 23.4. The Morgan fingerprint density at radius 3 is 2.68 bits per heavy atom. The van der Waals surface area contributed by atoms with Crippen LogP contribution in [0.15, 0.2) is 12.3 Å². The summed E-state index contributed by atoms with van der Waals surface area (Å²) >= 11 is 1.53. The summed E-state index contributed by atoms with van der Waals surface area (Å²) in [5.41, 5.74) is 2.18. The number of sulfonamides is 1. The maximum absolute atomic E-state index is 11.7. The van der Waals surface area contributed by atoms with Gasteiger partial charge in [-0.25, -0.2) is 22.7 Å². The van der Waals surface area contributed by atoms with Gasteiger partial charge in [0.15, 0.2) is 5.13 Å². The average Bonchev–Trinajstić information content (AvgIpc) is 3.07. The van der Waals surface area contributed by atoms with Crippen LogP contribution in [0.1, 0.15) is 24.1 Å². The fourth-order valence-corrected chi connectivity index (χ4v) is 5.36. The molecule has 2 aromatic heterocycles. The quantitative estimate of drug-likeness (QED) is 0.612. The van der Waals surface area contributed by atoms with Crippen molar-refractivity contribution in [2.45, 2.75) is 25.8 Å². The number of hydrogen-bond acceptors (Lipinski definition) is 9. The maximum Gasteiger partial charge on any atom is 0.211 e. The first-order chi connectivity index (χ1) is 14.7. The smallest absolute Gasteiger partial charge is 0.211 e. The number of aryl methyl sites for hydroxylation is 1. The fourth-order valence-electron chi connectivity index (χ4n) is 3.46. The number of piperidine rings is 1. The van der Waals surface area contributed by atoms with E-state index in [-0.39, 0.29) is 6.04 Å². The van der Waals surface area contributed by atoms with E-state index in [1.165, 1.54) is 21.9 Å². The molecule has 0 atom stereocenters. The number of nitriles is 1. The average molecular weight is 464 g/mol. The monoisotopic (exact) mass is 463 g/mol. The minimum Gasteiger partial charge on any atom is -0.367 e. The van der Waals surface area contributed by atoms with Gasteiger partial charge in [-0.2, -0.15) is 5.26 Å². The number of rotatable bonds is 8. The second-order valence-electron chi connectivity index (χ2n) is 7.97. The van der Waals surface area contributed by atoms with Gasteiger partial charge in [0.25, 0.3) is 0 Å². The lowest BCUT2D eigenvalue weighted by atomic mass is 10.1. The van der Waals surface area contributed by atoms with Crippen molar-refractivity contribution in [3.8, 4) is 16.5 Å². The van der Waals surface area contributed by atoms with Gasteiger partial charge in [-0.05, 0) is 39.9 Å². The maximum atomic E-state index is 11.7. The van der Waals surface area contributed by atoms with Gasteiger partial charge in [-0.3, -0.25) is 0 Å². The Morgan fingerprint density at radius 2 is 2.06 bits per heavy atom. The number of aromatic nitrogens is 2. The molecule has 2 N–H and O–H groups in total. The molecule has 2 aromatic rings. The van der Waals surface area contributed by atoms with Crippen LogP contribution < -0.4 is 10.6 Å². The summed E-state index contributed by atoms with van der Waals surface area (Å²) in [6.45, 7) is 4.63. The Balaban J connectivity index is 1.75. The molecule has 0 aliphatic carbocycles. The second kappa shape index (κ2) is 9.91. The molecule has 1 fully saturated rings. The molecule has 0 bridgehead atoms. The molecule has 3 heterocycles. The molecular formula is C20H29N7O2S2. The Morgan fingerprint density at radius 1 is 1.35 bits per heavy atom. The molecule has 1 aliphatic rings. The summed E-state index contributed by atoms with van der Waals surface area (Å²) < 4.78 is 24.9. The van der Waals surface area contributed by atoms with Gasteiger partial charge < -0.3 is 15.5 Å². The third-order valence-electron chi connectivity index (χ3n) is 5.18. The number of hydrogen-bond donors (Lipinski definition) is 2. The zero-order valence-electron chi connectivity index (χ0n) is 18.3. The Kier molecular flexibility index (Phi) is 7.48. The van der Waals surface area contributed by atoms with Gasteiger partial charge in [0, 0.05) is 44.0 Å². The third kappa shape index (κ3) is 6.13. The molecule has 1 saturated heterocycles. The molecule has 1 aliphatic heterocycles. The van der Waals surface area contributed by atoms with Gasteiger partial charge >= 0.3 is 0 Å². The van der Waals surface area contributed by atoms with Crippen molar-refractivity contribution in [2.24, 2.45) is 0 Å². The lowest BCUT2D eigenvalue weighted by molar-refractivity contribution is 0.331. The number of thiazole rings is 1. The summed E-state index contributed by atoms with van der Waals surface area (Å²) in [7, 11) is 0.899.